The van der Waals surface area contributed by atoms with Gasteiger partial charge in [0.15, 0.2) is 11.9 Å². The van der Waals surface area contributed by atoms with Gasteiger partial charge in [-0.3, -0.25) is 9.78 Å². The van der Waals surface area contributed by atoms with Gasteiger partial charge in [0.05, 0.1) is 0 Å². The second kappa shape index (κ2) is 9.35. The number of aryl methyl sites for hydroxylation is 1. The summed E-state index contributed by atoms with van der Waals surface area (Å²) in [5, 5.41) is 2.88. The van der Waals surface area contributed by atoms with Crippen LogP contribution in [0.2, 0.25) is 0 Å². The summed E-state index contributed by atoms with van der Waals surface area (Å²) >= 11 is 0. The SMILES string of the molecule is CCc1cc(Oc2ccc(OC3CCCCNC3=O)cc2)nc(-c2ccncc2)n1. The summed E-state index contributed by atoms with van der Waals surface area (Å²) in [6.45, 7) is 2.75. The van der Waals surface area contributed by atoms with Crippen LogP contribution in [0.4, 0.5) is 0 Å². The molecule has 1 N–H and O–H groups in total. The average molecular weight is 404 g/mol. The number of ether oxygens (including phenoxy) is 2. The number of rotatable bonds is 6. The van der Waals surface area contributed by atoms with Crippen LogP contribution in [0, 0.1) is 0 Å². The van der Waals surface area contributed by atoms with Gasteiger partial charge in [-0.2, -0.15) is 4.98 Å². The molecule has 1 amide bonds. The van der Waals surface area contributed by atoms with Gasteiger partial charge < -0.3 is 14.8 Å². The molecule has 1 aliphatic heterocycles. The normalized spacial score (nSPS) is 16.4. The molecule has 1 saturated heterocycles. The monoisotopic (exact) mass is 404 g/mol. The maximum absolute atomic E-state index is 12.1. The Morgan fingerprint density at radius 1 is 1.03 bits per heavy atom. The van der Waals surface area contributed by atoms with Gasteiger partial charge in [-0.05, 0) is 62.1 Å². The van der Waals surface area contributed by atoms with E-state index in [0.29, 0.717) is 29.7 Å². The molecule has 0 saturated carbocycles. The Labute approximate surface area is 175 Å². The fourth-order valence-corrected chi connectivity index (χ4v) is 3.23. The molecule has 7 nitrogen and oxygen atoms in total. The third-order valence-corrected chi connectivity index (χ3v) is 4.87. The quantitative estimate of drug-likeness (QED) is 0.670. The van der Waals surface area contributed by atoms with E-state index in [1.807, 2.05) is 37.3 Å². The van der Waals surface area contributed by atoms with Crippen molar-refractivity contribution in [3.05, 3.63) is 60.6 Å². The number of carbonyl (C=O) groups excluding carboxylic acids is 1. The topological polar surface area (TPSA) is 86.2 Å². The molecule has 1 atom stereocenters. The van der Waals surface area contributed by atoms with Gasteiger partial charge in [0.25, 0.3) is 5.91 Å². The van der Waals surface area contributed by atoms with E-state index >= 15 is 0 Å². The van der Waals surface area contributed by atoms with Crippen molar-refractivity contribution in [2.75, 3.05) is 6.54 Å². The molecule has 2 aromatic heterocycles. The van der Waals surface area contributed by atoms with Crippen molar-refractivity contribution >= 4 is 5.91 Å². The minimum Gasteiger partial charge on any atom is -0.481 e. The van der Waals surface area contributed by atoms with Gasteiger partial charge in [0, 0.05) is 36.3 Å². The standard InChI is InChI=1S/C23H24N4O3/c1-2-17-15-21(27-22(26-17)16-10-13-24-14-11-16)30-19-8-6-18(7-9-19)29-20-5-3-4-12-25-23(20)28/h6-11,13-15,20H,2-5,12H2,1H3,(H,25,28). The second-order valence-corrected chi connectivity index (χ2v) is 7.08. The van der Waals surface area contributed by atoms with Gasteiger partial charge in [0.1, 0.15) is 11.5 Å². The molecule has 1 unspecified atom stereocenters. The molecule has 0 aliphatic carbocycles. The molecule has 3 aromatic rings. The Hall–Kier alpha value is -3.48. The molecule has 30 heavy (non-hydrogen) atoms. The maximum atomic E-state index is 12.1. The molecule has 0 bridgehead atoms. The first-order valence-electron chi connectivity index (χ1n) is 10.2. The van der Waals surface area contributed by atoms with Crippen molar-refractivity contribution < 1.29 is 14.3 Å². The van der Waals surface area contributed by atoms with Gasteiger partial charge >= 0.3 is 0 Å². The number of benzene rings is 1. The average Bonchev–Trinajstić information content (AvgIpc) is 2.99. The Morgan fingerprint density at radius 2 is 1.80 bits per heavy atom. The molecule has 154 valence electrons. The van der Waals surface area contributed by atoms with E-state index in [4.69, 9.17) is 9.47 Å². The number of amides is 1. The highest BCUT2D eigenvalue weighted by Crippen LogP contribution is 2.26. The minimum absolute atomic E-state index is 0.0513. The van der Waals surface area contributed by atoms with E-state index < -0.39 is 6.10 Å². The predicted octanol–water partition coefficient (Wildman–Crippen LogP) is 3.94. The van der Waals surface area contributed by atoms with E-state index in [-0.39, 0.29) is 5.91 Å². The largest absolute Gasteiger partial charge is 0.481 e. The summed E-state index contributed by atoms with van der Waals surface area (Å²) in [5.41, 5.74) is 1.78. The summed E-state index contributed by atoms with van der Waals surface area (Å²) in [7, 11) is 0. The number of hydrogen-bond donors (Lipinski definition) is 1. The van der Waals surface area contributed by atoms with E-state index in [2.05, 4.69) is 20.3 Å². The first kappa shape index (κ1) is 19.8. The molecule has 7 heteroatoms. The Morgan fingerprint density at radius 3 is 2.57 bits per heavy atom. The maximum Gasteiger partial charge on any atom is 0.261 e. The Kier molecular flexibility index (Phi) is 6.17. The molecule has 1 aromatic carbocycles. The number of hydrogen-bond acceptors (Lipinski definition) is 6. The van der Waals surface area contributed by atoms with Gasteiger partial charge in [-0.1, -0.05) is 6.92 Å². The van der Waals surface area contributed by atoms with E-state index in [1.54, 1.807) is 24.5 Å². The zero-order valence-electron chi connectivity index (χ0n) is 16.9. The third-order valence-electron chi connectivity index (χ3n) is 4.87. The summed E-state index contributed by atoms with van der Waals surface area (Å²) < 4.78 is 11.8. The van der Waals surface area contributed by atoms with Gasteiger partial charge in [0.2, 0.25) is 5.88 Å². The first-order valence-corrected chi connectivity index (χ1v) is 10.2. The zero-order valence-corrected chi connectivity index (χ0v) is 16.9. The van der Waals surface area contributed by atoms with Gasteiger partial charge in [-0.15, -0.1) is 0 Å². The smallest absolute Gasteiger partial charge is 0.261 e. The summed E-state index contributed by atoms with van der Waals surface area (Å²) in [5.74, 6) is 2.30. The molecular weight excluding hydrogens is 380 g/mol. The number of nitrogens with zero attached hydrogens (tertiary/aromatic N) is 3. The van der Waals surface area contributed by atoms with Gasteiger partial charge in [-0.25, -0.2) is 4.98 Å². The number of aromatic nitrogens is 3. The fourth-order valence-electron chi connectivity index (χ4n) is 3.23. The molecule has 4 rings (SSSR count). The highest BCUT2D eigenvalue weighted by molar-refractivity contribution is 5.81. The molecule has 1 fully saturated rings. The van der Waals surface area contributed by atoms with E-state index in [9.17, 15) is 4.79 Å². The second-order valence-electron chi connectivity index (χ2n) is 7.08. The van der Waals surface area contributed by atoms with Crippen LogP contribution in [0.5, 0.6) is 17.4 Å². The van der Waals surface area contributed by atoms with Crippen LogP contribution >= 0.6 is 0 Å². The van der Waals surface area contributed by atoms with Crippen LogP contribution in [0.3, 0.4) is 0 Å². The molecule has 1 aliphatic rings. The van der Waals surface area contributed by atoms with E-state index in [0.717, 1.165) is 36.9 Å². The van der Waals surface area contributed by atoms with Crippen LogP contribution in [0.1, 0.15) is 31.9 Å². The van der Waals surface area contributed by atoms with E-state index in [1.165, 1.54) is 0 Å². The lowest BCUT2D eigenvalue weighted by Gasteiger charge is -2.16. The van der Waals surface area contributed by atoms with Crippen molar-refractivity contribution in [2.45, 2.75) is 38.7 Å². The van der Waals surface area contributed by atoms with Crippen LogP contribution in [-0.4, -0.2) is 33.5 Å². The highest BCUT2D eigenvalue weighted by atomic mass is 16.5. The first-order chi connectivity index (χ1) is 14.7. The molecular formula is C23H24N4O3. The fraction of sp³-hybridized carbons (Fsp3) is 0.304. The lowest BCUT2D eigenvalue weighted by Crippen LogP contribution is -2.36. The Balaban J connectivity index is 1.48. The number of nitrogens with one attached hydrogen (secondary N) is 1. The Bertz CT molecular complexity index is 993. The van der Waals surface area contributed by atoms with Crippen molar-refractivity contribution in [1.29, 1.82) is 0 Å². The number of pyridine rings is 1. The summed E-state index contributed by atoms with van der Waals surface area (Å²) in [4.78, 5) is 25.2. The van der Waals surface area contributed by atoms with Crippen LogP contribution < -0.4 is 14.8 Å². The van der Waals surface area contributed by atoms with Crippen LogP contribution in [0.25, 0.3) is 11.4 Å². The van der Waals surface area contributed by atoms with Crippen LogP contribution in [0.15, 0.2) is 54.9 Å². The highest BCUT2D eigenvalue weighted by Gasteiger charge is 2.22. The van der Waals surface area contributed by atoms with Crippen molar-refractivity contribution in [1.82, 2.24) is 20.3 Å². The minimum atomic E-state index is -0.448. The van der Waals surface area contributed by atoms with Crippen molar-refractivity contribution in [3.8, 4) is 28.8 Å². The third kappa shape index (κ3) is 4.92. The summed E-state index contributed by atoms with van der Waals surface area (Å²) in [6.07, 6.45) is 6.43. The predicted molar refractivity (Wildman–Crippen MR) is 112 cm³/mol. The molecule has 3 heterocycles. The summed E-state index contributed by atoms with van der Waals surface area (Å²) in [6, 6.07) is 12.8. The lowest BCUT2D eigenvalue weighted by molar-refractivity contribution is -0.127. The van der Waals surface area contributed by atoms with Crippen molar-refractivity contribution in [2.24, 2.45) is 0 Å². The molecule has 0 radical (unpaired) electrons. The van der Waals surface area contributed by atoms with Crippen molar-refractivity contribution in [3.63, 3.8) is 0 Å². The lowest BCUT2D eigenvalue weighted by atomic mass is 10.2. The molecule has 0 spiro atoms. The number of carbonyl (C=O) groups is 1. The van der Waals surface area contributed by atoms with Crippen LogP contribution in [-0.2, 0) is 11.2 Å². The zero-order chi connectivity index (χ0) is 20.8.